The number of hydrogen-bond donors (Lipinski definition) is 0. The Labute approximate surface area is 629 Å². The molecule has 0 heterocycles. The van der Waals surface area contributed by atoms with E-state index in [0.29, 0.717) is 0 Å². The molecule has 0 saturated heterocycles. The lowest BCUT2D eigenvalue weighted by atomic mass is 9.70. The van der Waals surface area contributed by atoms with Crippen molar-refractivity contribution < 1.29 is 0 Å². The van der Waals surface area contributed by atoms with Crippen molar-refractivity contribution in [2.75, 3.05) is 9.80 Å². The van der Waals surface area contributed by atoms with E-state index in [2.05, 4.69) is 235 Å². The Balaban J connectivity index is 1.08. The summed E-state index contributed by atoms with van der Waals surface area (Å²) >= 11 is 0. The van der Waals surface area contributed by atoms with E-state index in [9.17, 15) is 0 Å². The first-order valence-corrected chi connectivity index (χ1v) is 43.2. The van der Waals surface area contributed by atoms with Crippen LogP contribution in [-0.4, -0.2) is 0 Å². The fourth-order valence-corrected chi connectivity index (χ4v) is 19.6. The highest BCUT2D eigenvalue weighted by molar-refractivity contribution is 5.98. The Hall–Kier alpha value is -6.64. The summed E-state index contributed by atoms with van der Waals surface area (Å²) in [5, 5.41) is 0. The van der Waals surface area contributed by atoms with Crippen LogP contribution >= 0.6 is 0 Å². The number of hydrogen-bond acceptors (Lipinski definition) is 2. The molecule has 0 bridgehead atoms. The second-order valence-corrected chi connectivity index (χ2v) is 32.6. The first-order valence-electron chi connectivity index (χ1n) is 43.2. The molecule has 2 nitrogen and oxygen atoms in total. The third kappa shape index (κ3) is 17.9. The number of fused-ring (bicyclic) bond motifs is 9. The predicted molar refractivity (Wildman–Crippen MR) is 452 cm³/mol. The number of aryl methyl sites for hydroxylation is 2. The van der Waals surface area contributed by atoms with Crippen molar-refractivity contribution in [3.63, 3.8) is 0 Å². The zero-order valence-corrected chi connectivity index (χ0v) is 66.3. The second-order valence-electron chi connectivity index (χ2n) is 32.6. The molecule has 0 amide bonds. The Kier molecular flexibility index (Phi) is 29.4. The third-order valence-corrected chi connectivity index (χ3v) is 25.2. The number of rotatable bonds is 48. The van der Waals surface area contributed by atoms with E-state index in [1.165, 1.54) is 335 Å². The van der Waals surface area contributed by atoms with Crippen molar-refractivity contribution >= 4 is 34.1 Å². The molecule has 0 aromatic heterocycles. The van der Waals surface area contributed by atoms with Gasteiger partial charge in [-0.1, -0.05) is 393 Å². The molecule has 0 fully saturated rings. The zero-order valence-electron chi connectivity index (χ0n) is 66.3. The van der Waals surface area contributed by atoms with E-state index >= 15 is 0 Å². The molecule has 3 aliphatic carbocycles. The lowest BCUT2D eigenvalue weighted by molar-refractivity contribution is 0.398. The van der Waals surface area contributed by atoms with Gasteiger partial charge in [-0.25, -0.2) is 0 Å². The molecule has 0 radical (unpaired) electrons. The fourth-order valence-electron chi connectivity index (χ4n) is 19.6. The smallest absolute Gasteiger partial charge is 0.0543 e. The fraction of sp³-hybridized carbons (Fsp3) is 0.525. The van der Waals surface area contributed by atoms with Gasteiger partial charge in [0.05, 0.1) is 11.4 Å². The van der Waals surface area contributed by atoms with Crippen LogP contribution in [0.5, 0.6) is 0 Å². The monoisotopic (exact) mass is 1380 g/mol. The van der Waals surface area contributed by atoms with E-state index in [1.54, 1.807) is 33.4 Å². The van der Waals surface area contributed by atoms with Crippen molar-refractivity contribution in [1.29, 1.82) is 0 Å². The topological polar surface area (TPSA) is 6.48 Å². The summed E-state index contributed by atoms with van der Waals surface area (Å²) < 4.78 is 0. The molecule has 11 rings (SSSR count). The summed E-state index contributed by atoms with van der Waals surface area (Å²) in [6, 6.07) is 69.5. The summed E-state index contributed by atoms with van der Waals surface area (Å²) in [5.41, 5.74) is 28.2. The van der Waals surface area contributed by atoms with Crippen LogP contribution in [0, 0.1) is 13.8 Å². The van der Waals surface area contributed by atoms with Crippen molar-refractivity contribution in [2.45, 2.75) is 341 Å². The normalized spacial score (nSPS) is 13.9. The number of unbranched alkanes of at least 4 members (excludes halogenated alkanes) is 30. The Morgan fingerprint density at radius 3 is 0.767 bits per heavy atom. The van der Waals surface area contributed by atoms with Crippen LogP contribution in [0.25, 0.3) is 33.4 Å². The number of benzene rings is 8. The molecule has 0 unspecified atom stereocenters. The summed E-state index contributed by atoms with van der Waals surface area (Å²) in [6.07, 6.45) is 54.3. The average Bonchev–Trinajstić information content (AvgIpc) is 1.57. The van der Waals surface area contributed by atoms with Gasteiger partial charge in [0.1, 0.15) is 0 Å². The second kappa shape index (κ2) is 39.1. The molecular formula is C101H136N2. The van der Waals surface area contributed by atoms with E-state index in [1.807, 2.05) is 0 Å². The highest BCUT2D eigenvalue weighted by atomic mass is 15.2. The van der Waals surface area contributed by atoms with E-state index in [0.717, 1.165) is 12.8 Å². The first kappa shape index (κ1) is 77.5. The molecule has 8 aromatic rings. The molecule has 0 atom stereocenters. The van der Waals surface area contributed by atoms with Gasteiger partial charge in [-0.2, -0.15) is 0 Å². The van der Waals surface area contributed by atoms with Crippen LogP contribution in [0.4, 0.5) is 34.1 Å². The third-order valence-electron chi connectivity index (χ3n) is 25.2. The maximum atomic E-state index is 2.76. The van der Waals surface area contributed by atoms with Crippen LogP contribution < -0.4 is 9.80 Å². The number of anilines is 6. The average molecular weight is 1380 g/mol. The largest absolute Gasteiger partial charge is 0.310 e. The molecular weight excluding hydrogens is 1240 g/mol. The minimum atomic E-state index is -0.187. The van der Waals surface area contributed by atoms with Crippen molar-refractivity contribution in [2.24, 2.45) is 0 Å². The SMILES string of the molecule is CCCCCCCCC1(CCCCCCCC)c2cc(N(c3ccc(C)cc3)c3cccc4c3-c3ccccc3C4(CCCCCCCC)CCCCCCCC)ccc2-c2ccc(N(c3ccc(C)cc3)c3cccc4c3-c3ccccc3C4(CCCCCCCC)CCCCCCCC)cc21. The molecule has 2 heteroatoms. The molecule has 3 aliphatic rings. The van der Waals surface area contributed by atoms with Crippen molar-refractivity contribution in [3.8, 4) is 33.4 Å². The standard InChI is InChI=1S/C101H136N2/c1-9-15-21-27-33-43-71-99(72-44-34-28-22-16-10-2)89-53-41-39-51-87(89)97-91(99)55-49-57-95(97)102(81-63-59-79(7)60-64-81)83-67-69-85-86-70-68-84(78-94(86)101(93(85)77-83,75-47-37-31-25-19-13-5)76-48-38-32-26-20-14-6)103(82-65-61-80(8)62-66-82)96-58-50-56-92-98(96)88-52-40-42-54-90(88)100(92,73-45-35-29-23-17-11-3)74-46-36-30-24-18-12-4/h39-42,49-70,77-78H,9-38,43-48,71-76H2,1-8H3. The van der Waals surface area contributed by atoms with Gasteiger partial charge < -0.3 is 9.80 Å². The lowest BCUT2D eigenvalue weighted by Crippen LogP contribution is -2.26. The Bertz CT molecular complexity index is 3570. The highest BCUT2D eigenvalue weighted by Crippen LogP contribution is 2.63. The van der Waals surface area contributed by atoms with Crippen LogP contribution in [0.3, 0.4) is 0 Å². The molecule has 0 saturated carbocycles. The van der Waals surface area contributed by atoms with Gasteiger partial charge >= 0.3 is 0 Å². The van der Waals surface area contributed by atoms with Crippen LogP contribution in [0.2, 0.25) is 0 Å². The Morgan fingerprint density at radius 1 is 0.214 bits per heavy atom. The van der Waals surface area contributed by atoms with Gasteiger partial charge in [0.2, 0.25) is 0 Å². The lowest BCUT2D eigenvalue weighted by Gasteiger charge is -2.36. The quantitative estimate of drug-likeness (QED) is 0.0351. The van der Waals surface area contributed by atoms with Crippen molar-refractivity contribution in [1.82, 2.24) is 0 Å². The van der Waals surface area contributed by atoms with Crippen LogP contribution in [0.1, 0.15) is 356 Å². The minimum Gasteiger partial charge on any atom is -0.310 e. The predicted octanol–water partition coefficient (Wildman–Crippen LogP) is 32.5. The van der Waals surface area contributed by atoms with Crippen molar-refractivity contribution in [3.05, 3.63) is 214 Å². The zero-order chi connectivity index (χ0) is 71.7. The summed E-state index contributed by atoms with van der Waals surface area (Å²) in [5.74, 6) is 0. The summed E-state index contributed by atoms with van der Waals surface area (Å²) in [4.78, 5) is 5.45. The summed E-state index contributed by atoms with van der Waals surface area (Å²) in [6.45, 7) is 18.7. The summed E-state index contributed by atoms with van der Waals surface area (Å²) in [7, 11) is 0. The Morgan fingerprint density at radius 2 is 0.466 bits per heavy atom. The minimum absolute atomic E-state index is 0.0169. The first-order chi connectivity index (χ1) is 50.7. The van der Waals surface area contributed by atoms with Gasteiger partial charge in [0.25, 0.3) is 0 Å². The van der Waals surface area contributed by atoms with E-state index in [-0.39, 0.29) is 16.2 Å². The molecule has 550 valence electrons. The van der Waals surface area contributed by atoms with Gasteiger partial charge in [-0.3, -0.25) is 0 Å². The maximum Gasteiger partial charge on any atom is 0.0543 e. The highest BCUT2D eigenvalue weighted by Gasteiger charge is 2.48. The van der Waals surface area contributed by atoms with Gasteiger partial charge in [-0.15, -0.1) is 0 Å². The van der Waals surface area contributed by atoms with E-state index in [4.69, 9.17) is 0 Å². The van der Waals surface area contributed by atoms with Gasteiger partial charge in [0.15, 0.2) is 0 Å². The van der Waals surface area contributed by atoms with Gasteiger partial charge in [-0.05, 0) is 169 Å². The van der Waals surface area contributed by atoms with Crippen LogP contribution in [0.15, 0.2) is 170 Å². The molecule has 0 N–H and O–H groups in total. The van der Waals surface area contributed by atoms with E-state index < -0.39 is 0 Å². The molecule has 103 heavy (non-hydrogen) atoms. The van der Waals surface area contributed by atoms with Crippen LogP contribution in [-0.2, 0) is 16.2 Å². The van der Waals surface area contributed by atoms with Gasteiger partial charge in [0, 0.05) is 50.1 Å². The molecule has 8 aromatic carbocycles. The maximum absolute atomic E-state index is 2.76. The number of nitrogens with zero attached hydrogens (tertiary/aromatic N) is 2. The molecule has 0 spiro atoms. The molecule has 0 aliphatic heterocycles.